The molecule has 3 N–H and O–H groups in total. The van der Waals surface area contributed by atoms with Gasteiger partial charge in [-0.15, -0.1) is 0 Å². The van der Waals surface area contributed by atoms with Crippen LogP contribution in [-0.4, -0.2) is 40.7 Å². The van der Waals surface area contributed by atoms with E-state index in [0.717, 1.165) is 27.7 Å². The Labute approximate surface area is 306 Å². The normalized spacial score (nSPS) is 12.7. The summed E-state index contributed by atoms with van der Waals surface area (Å²) in [5.74, 6) is 0.721. The van der Waals surface area contributed by atoms with Gasteiger partial charge in [-0.3, -0.25) is 4.79 Å². The van der Waals surface area contributed by atoms with E-state index in [1.54, 1.807) is 26.4 Å². The number of benzene rings is 4. The molecule has 0 aliphatic carbocycles. The number of methoxy groups -OCH3 is 2. The molecule has 8 heteroatoms. The molecule has 6 nitrogen and oxygen atoms in total. The van der Waals surface area contributed by atoms with Gasteiger partial charge in [0.05, 0.1) is 19.8 Å². The number of carbonyl (C=O) groups is 1. The zero-order valence-corrected chi connectivity index (χ0v) is 31.8. The van der Waals surface area contributed by atoms with Crippen molar-refractivity contribution in [2.75, 3.05) is 14.2 Å². The van der Waals surface area contributed by atoms with Crippen molar-refractivity contribution < 1.29 is 28.2 Å². The molecule has 1 unspecified atom stereocenters. The third-order valence-corrected chi connectivity index (χ3v) is 9.12. The van der Waals surface area contributed by atoms with E-state index in [4.69, 9.17) is 9.47 Å². The Bertz CT molecular complexity index is 2040. The summed E-state index contributed by atoms with van der Waals surface area (Å²) in [6.45, 7) is 13.3. The largest absolute Gasteiger partial charge is 0.496 e. The number of para-hydroxylation sites is 2. The van der Waals surface area contributed by atoms with E-state index in [1.165, 1.54) is 47.8 Å². The number of hydrogen-bond acceptors (Lipinski definition) is 4. The van der Waals surface area contributed by atoms with Crippen molar-refractivity contribution in [2.24, 2.45) is 0 Å². The number of rotatable bonds is 10. The fraction of sp³-hybridized carbons (Fsp3) is 0.341. The summed E-state index contributed by atoms with van der Waals surface area (Å²) >= 11 is 0. The maximum Gasteiger partial charge on any atom is 0.130 e. The van der Waals surface area contributed by atoms with Crippen LogP contribution in [0.3, 0.4) is 0 Å². The van der Waals surface area contributed by atoms with Crippen LogP contribution in [0, 0.1) is 18.6 Å². The predicted molar refractivity (Wildman–Crippen MR) is 208 cm³/mol. The molecule has 0 spiro atoms. The Morgan fingerprint density at radius 2 is 1.17 bits per heavy atom. The van der Waals surface area contributed by atoms with Crippen molar-refractivity contribution >= 4 is 27.6 Å². The van der Waals surface area contributed by atoms with Crippen LogP contribution in [0.2, 0.25) is 0 Å². The number of H-pyrrole nitrogens is 2. The lowest BCUT2D eigenvalue weighted by Gasteiger charge is -2.35. The van der Waals surface area contributed by atoms with Gasteiger partial charge >= 0.3 is 0 Å². The lowest BCUT2D eigenvalue weighted by Crippen LogP contribution is -2.36. The molecule has 0 amide bonds. The molecule has 0 saturated carbocycles. The summed E-state index contributed by atoms with van der Waals surface area (Å²) < 4.78 is 37.6. The number of halogens is 2. The topological polar surface area (TPSA) is 87.3 Å². The van der Waals surface area contributed by atoms with Gasteiger partial charge in [-0.25, -0.2) is 8.78 Å². The minimum Gasteiger partial charge on any atom is -0.496 e. The first-order valence-electron chi connectivity index (χ1n) is 17.4. The number of aryl methyl sites for hydroxylation is 1. The molecule has 0 saturated heterocycles. The fourth-order valence-corrected chi connectivity index (χ4v) is 7.10. The van der Waals surface area contributed by atoms with Gasteiger partial charge in [-0.05, 0) is 104 Å². The molecule has 276 valence electrons. The first-order valence-corrected chi connectivity index (χ1v) is 17.4. The molecule has 0 aliphatic heterocycles. The Balaban J connectivity index is 0.000000196. The molecular formula is C44H52F2N2O4. The summed E-state index contributed by atoms with van der Waals surface area (Å²) in [7, 11) is 3.12. The minimum absolute atomic E-state index is 0.0799. The number of aromatic nitrogens is 2. The highest BCUT2D eigenvalue weighted by Gasteiger charge is 2.34. The van der Waals surface area contributed by atoms with E-state index in [9.17, 15) is 18.7 Å². The number of aromatic amines is 2. The van der Waals surface area contributed by atoms with Gasteiger partial charge in [0.15, 0.2) is 0 Å². The van der Waals surface area contributed by atoms with Gasteiger partial charge < -0.3 is 24.5 Å². The third kappa shape index (κ3) is 10.5. The second-order valence-corrected chi connectivity index (χ2v) is 15.1. The van der Waals surface area contributed by atoms with Crippen LogP contribution >= 0.6 is 0 Å². The number of ether oxygens (including phenoxy) is 2. The molecule has 0 aliphatic rings. The number of ketones is 1. The molecular weight excluding hydrogens is 658 g/mol. The first kappa shape index (κ1) is 39.8. The number of hydrogen-bond donors (Lipinski definition) is 3. The molecule has 0 fully saturated rings. The second-order valence-electron chi connectivity index (χ2n) is 15.1. The molecule has 6 aromatic rings. The van der Waals surface area contributed by atoms with E-state index in [0.29, 0.717) is 30.8 Å². The van der Waals surface area contributed by atoms with Crippen molar-refractivity contribution in [1.29, 1.82) is 0 Å². The van der Waals surface area contributed by atoms with Crippen LogP contribution in [0.5, 0.6) is 11.5 Å². The highest BCUT2D eigenvalue weighted by Crippen LogP contribution is 2.39. The predicted octanol–water partition coefficient (Wildman–Crippen LogP) is 10.5. The fourth-order valence-electron chi connectivity index (χ4n) is 7.10. The Kier molecular flexibility index (Phi) is 12.7. The minimum atomic E-state index is -0.957. The van der Waals surface area contributed by atoms with Crippen molar-refractivity contribution in [2.45, 2.75) is 84.2 Å². The zero-order valence-electron chi connectivity index (χ0n) is 31.8. The SMILES string of the molecule is COc1ccc(F)cc1C(C)(C)CC(C)(O)Cc1cc2ccccc2[nH]1.COc1ccc(F)cc1C(C)(C)CC(C)=O.Cc1cc2ccccc2[nH]1. The van der Waals surface area contributed by atoms with Crippen LogP contribution in [0.1, 0.15) is 76.9 Å². The van der Waals surface area contributed by atoms with Crippen LogP contribution in [0.4, 0.5) is 8.78 Å². The van der Waals surface area contributed by atoms with Crippen LogP contribution in [0.25, 0.3) is 21.8 Å². The average Bonchev–Trinajstić information content (AvgIpc) is 3.65. The van der Waals surface area contributed by atoms with Gasteiger partial charge in [-0.2, -0.15) is 0 Å². The summed E-state index contributed by atoms with van der Waals surface area (Å²) in [6.07, 6.45) is 1.32. The Morgan fingerprint density at radius 1 is 0.692 bits per heavy atom. The number of aliphatic hydroxyl groups is 1. The Hall–Kier alpha value is -4.95. The van der Waals surface area contributed by atoms with Crippen molar-refractivity contribution in [3.63, 3.8) is 0 Å². The van der Waals surface area contributed by atoms with Crippen molar-refractivity contribution in [1.82, 2.24) is 9.97 Å². The summed E-state index contributed by atoms with van der Waals surface area (Å²) in [6, 6.07) is 29.5. The number of carbonyl (C=O) groups excluding carboxylic acids is 1. The van der Waals surface area contributed by atoms with E-state index < -0.39 is 16.4 Å². The molecule has 0 radical (unpaired) electrons. The summed E-state index contributed by atoms with van der Waals surface area (Å²) in [4.78, 5) is 17.8. The molecule has 2 aromatic heterocycles. The third-order valence-electron chi connectivity index (χ3n) is 9.12. The average molecular weight is 711 g/mol. The lowest BCUT2D eigenvalue weighted by atomic mass is 9.74. The zero-order chi connectivity index (χ0) is 38.3. The van der Waals surface area contributed by atoms with Gasteiger partial charge in [-0.1, -0.05) is 64.1 Å². The summed E-state index contributed by atoms with van der Waals surface area (Å²) in [5, 5.41) is 13.5. The van der Waals surface area contributed by atoms with Crippen LogP contribution in [0.15, 0.2) is 97.1 Å². The highest BCUT2D eigenvalue weighted by atomic mass is 19.1. The first-order chi connectivity index (χ1) is 24.4. The van der Waals surface area contributed by atoms with Gasteiger partial charge in [0.25, 0.3) is 0 Å². The monoisotopic (exact) mass is 710 g/mol. The molecule has 4 aromatic carbocycles. The van der Waals surface area contributed by atoms with E-state index in [-0.39, 0.29) is 17.4 Å². The van der Waals surface area contributed by atoms with Gasteiger partial charge in [0.2, 0.25) is 0 Å². The maximum atomic E-state index is 13.8. The van der Waals surface area contributed by atoms with E-state index in [1.807, 2.05) is 65.0 Å². The number of nitrogens with one attached hydrogen (secondary N) is 2. The summed E-state index contributed by atoms with van der Waals surface area (Å²) in [5.41, 5.74) is 4.15. The Morgan fingerprint density at radius 3 is 1.65 bits per heavy atom. The van der Waals surface area contributed by atoms with Gasteiger partial charge in [0.1, 0.15) is 28.9 Å². The van der Waals surface area contributed by atoms with Crippen LogP contribution in [-0.2, 0) is 22.0 Å². The quantitative estimate of drug-likeness (QED) is 0.132. The van der Waals surface area contributed by atoms with Crippen LogP contribution < -0.4 is 9.47 Å². The number of fused-ring (bicyclic) bond motifs is 2. The molecule has 6 rings (SSSR count). The standard InChI is InChI=1S/C22H26FNO2.C13H17FO2.C9H9N/c1-21(2,18-12-16(23)9-10-20(18)26-4)14-22(3,25)13-17-11-15-7-5-6-8-19(15)24-17;1-9(15)8-13(2,3)11-7-10(14)5-6-12(11)16-4;1-7-6-8-4-2-3-5-9(8)10-7/h5-12,24-25H,13-14H2,1-4H3;5-7H,8H2,1-4H3;2-6,10H,1H3. The van der Waals surface area contributed by atoms with E-state index >= 15 is 0 Å². The second kappa shape index (κ2) is 16.6. The smallest absolute Gasteiger partial charge is 0.130 e. The maximum absolute atomic E-state index is 13.8. The number of Topliss-reactive ketones (excluding diaryl/α,β-unsaturated/α-hetero) is 1. The van der Waals surface area contributed by atoms with Gasteiger partial charge in [0, 0.05) is 51.8 Å². The molecule has 52 heavy (non-hydrogen) atoms. The van der Waals surface area contributed by atoms with Crippen molar-refractivity contribution in [3.8, 4) is 11.5 Å². The molecule has 0 bridgehead atoms. The molecule has 2 heterocycles. The van der Waals surface area contributed by atoms with E-state index in [2.05, 4.69) is 47.2 Å². The van der Waals surface area contributed by atoms with Crippen molar-refractivity contribution in [3.05, 3.63) is 131 Å². The molecule has 1 atom stereocenters. The highest BCUT2D eigenvalue weighted by molar-refractivity contribution is 5.81. The lowest BCUT2D eigenvalue weighted by molar-refractivity contribution is -0.118.